The Kier molecular flexibility index (Phi) is 9.84. The van der Waals surface area contributed by atoms with Crippen LogP contribution in [0.1, 0.15) is 127 Å². The second-order valence-corrected chi connectivity index (χ2v) is 13.2. The molecule has 0 heterocycles. The normalized spacial score (nSPS) is 19.1. The molecule has 0 aromatic heterocycles. The van der Waals surface area contributed by atoms with Crippen molar-refractivity contribution in [3.05, 3.63) is 57.6 Å². The number of phenolic OH excluding ortho intramolecular Hbond substituents is 2. The first-order valence-corrected chi connectivity index (χ1v) is 14.6. The molecular weight excluding hydrogens is 468 g/mol. The lowest BCUT2D eigenvalue weighted by atomic mass is 9.83. The van der Waals surface area contributed by atoms with Crippen LogP contribution in [0.2, 0.25) is 0 Å². The maximum Gasteiger partial charge on any atom is 0.128 e. The molecule has 1 aliphatic carbocycles. The van der Waals surface area contributed by atoms with Gasteiger partial charge in [0, 0.05) is 34.7 Å². The van der Waals surface area contributed by atoms with Crippen LogP contribution < -0.4 is 0 Å². The summed E-state index contributed by atoms with van der Waals surface area (Å²) < 4.78 is 0. The highest BCUT2D eigenvalue weighted by atomic mass is 16.3. The lowest BCUT2D eigenvalue weighted by Crippen LogP contribution is -2.21. The number of nitrogens with zero attached hydrogens (tertiary/aromatic N) is 2. The van der Waals surface area contributed by atoms with Gasteiger partial charge in [0.15, 0.2) is 0 Å². The summed E-state index contributed by atoms with van der Waals surface area (Å²) in [6.07, 6.45) is 11.9. The summed E-state index contributed by atoms with van der Waals surface area (Å²) in [5.74, 6) is 0.701. The van der Waals surface area contributed by atoms with Gasteiger partial charge >= 0.3 is 0 Å². The van der Waals surface area contributed by atoms with Crippen LogP contribution in [0.3, 0.4) is 0 Å². The van der Waals surface area contributed by atoms with Crippen LogP contribution in [0.5, 0.6) is 11.5 Å². The maximum absolute atomic E-state index is 11.0. The second-order valence-electron chi connectivity index (χ2n) is 13.2. The standard InChI is InChI=1S/C34H50N2O2/c1-9-12-23-16-25(31(37)29(18-23)33(3,4)5)21-35-27-14-11-15-28(20-27)36-22-26-17-24(13-10-2)19-30(32(26)38)34(6,7)8/h16-19,21-22,27-28,37-38H,9-15,20H2,1-8H3. The molecule has 1 saturated carbocycles. The van der Waals surface area contributed by atoms with E-state index in [0.717, 1.165) is 73.6 Å². The maximum atomic E-state index is 11.0. The predicted molar refractivity (Wildman–Crippen MR) is 163 cm³/mol. The predicted octanol–water partition coefficient (Wildman–Crippen LogP) is 8.45. The Hall–Kier alpha value is -2.62. The fourth-order valence-electron chi connectivity index (χ4n) is 5.43. The van der Waals surface area contributed by atoms with Gasteiger partial charge in [-0.2, -0.15) is 0 Å². The molecule has 0 aliphatic heterocycles. The summed E-state index contributed by atoms with van der Waals surface area (Å²) in [4.78, 5) is 9.88. The zero-order chi connectivity index (χ0) is 28.1. The van der Waals surface area contributed by atoms with Crippen LogP contribution in [0.25, 0.3) is 0 Å². The monoisotopic (exact) mass is 518 g/mol. The van der Waals surface area contributed by atoms with Gasteiger partial charge in [-0.15, -0.1) is 0 Å². The van der Waals surface area contributed by atoms with E-state index >= 15 is 0 Å². The minimum absolute atomic E-state index is 0.131. The molecule has 38 heavy (non-hydrogen) atoms. The largest absolute Gasteiger partial charge is 0.507 e. The third-order valence-corrected chi connectivity index (χ3v) is 7.56. The van der Waals surface area contributed by atoms with E-state index in [0.29, 0.717) is 11.5 Å². The van der Waals surface area contributed by atoms with Crippen molar-refractivity contribution >= 4 is 12.4 Å². The zero-order valence-corrected chi connectivity index (χ0v) is 25.1. The molecule has 2 N–H and O–H groups in total. The SMILES string of the molecule is CCCc1cc(C=NC2CCCC(N=Cc3cc(CCC)cc(C(C)(C)C)c3O)C2)c(O)c(C(C)(C)C)c1. The van der Waals surface area contributed by atoms with Crippen molar-refractivity contribution in [2.45, 2.75) is 130 Å². The van der Waals surface area contributed by atoms with E-state index in [9.17, 15) is 10.2 Å². The lowest BCUT2D eigenvalue weighted by Gasteiger charge is -2.25. The van der Waals surface area contributed by atoms with Crippen LogP contribution in [0, 0.1) is 0 Å². The number of aryl methyl sites for hydroxylation is 2. The quantitative estimate of drug-likeness (QED) is 0.344. The van der Waals surface area contributed by atoms with E-state index in [2.05, 4.69) is 79.7 Å². The van der Waals surface area contributed by atoms with Gasteiger partial charge in [-0.3, -0.25) is 9.98 Å². The first-order valence-electron chi connectivity index (χ1n) is 14.6. The second kappa shape index (κ2) is 12.5. The molecule has 1 aliphatic rings. The smallest absolute Gasteiger partial charge is 0.128 e. The Morgan fingerprint density at radius 3 is 1.45 bits per heavy atom. The Bertz CT molecular complexity index is 1060. The van der Waals surface area contributed by atoms with Crippen LogP contribution in [0.15, 0.2) is 34.3 Å². The molecule has 2 atom stereocenters. The van der Waals surface area contributed by atoms with Crippen molar-refractivity contribution in [2.75, 3.05) is 0 Å². The fraction of sp³-hybridized carbons (Fsp3) is 0.588. The van der Waals surface area contributed by atoms with Gasteiger partial charge in [0.1, 0.15) is 11.5 Å². The Morgan fingerprint density at radius 1 is 0.711 bits per heavy atom. The molecule has 4 nitrogen and oxygen atoms in total. The molecule has 3 rings (SSSR count). The summed E-state index contributed by atoms with van der Waals surface area (Å²) in [7, 11) is 0. The summed E-state index contributed by atoms with van der Waals surface area (Å²) in [6, 6.07) is 8.85. The van der Waals surface area contributed by atoms with E-state index in [1.807, 2.05) is 12.4 Å². The molecule has 1 fully saturated rings. The highest BCUT2D eigenvalue weighted by molar-refractivity contribution is 5.85. The highest BCUT2D eigenvalue weighted by Crippen LogP contribution is 2.36. The van der Waals surface area contributed by atoms with Crippen LogP contribution in [0.4, 0.5) is 0 Å². The lowest BCUT2D eigenvalue weighted by molar-refractivity contribution is 0.397. The van der Waals surface area contributed by atoms with Gasteiger partial charge in [-0.05, 0) is 72.6 Å². The number of benzene rings is 2. The summed E-state index contributed by atoms with van der Waals surface area (Å²) >= 11 is 0. The molecule has 4 heteroatoms. The Balaban J connectivity index is 1.81. The highest BCUT2D eigenvalue weighted by Gasteiger charge is 2.24. The molecule has 2 unspecified atom stereocenters. The van der Waals surface area contributed by atoms with Crippen molar-refractivity contribution in [3.8, 4) is 11.5 Å². The zero-order valence-electron chi connectivity index (χ0n) is 25.1. The molecular formula is C34H50N2O2. The Labute approximate surface area is 231 Å². The van der Waals surface area contributed by atoms with E-state index in [-0.39, 0.29) is 22.9 Å². The van der Waals surface area contributed by atoms with Crippen molar-refractivity contribution in [2.24, 2.45) is 9.98 Å². The third-order valence-electron chi connectivity index (χ3n) is 7.56. The molecule has 0 amide bonds. The van der Waals surface area contributed by atoms with Gasteiger partial charge in [0.25, 0.3) is 0 Å². The number of aromatic hydroxyl groups is 2. The summed E-state index contributed by atoms with van der Waals surface area (Å²) in [5.41, 5.74) is 5.84. The molecule has 0 radical (unpaired) electrons. The minimum Gasteiger partial charge on any atom is -0.507 e. The molecule has 2 aromatic carbocycles. The van der Waals surface area contributed by atoms with Crippen LogP contribution in [-0.2, 0) is 23.7 Å². The first-order chi connectivity index (χ1) is 17.8. The van der Waals surface area contributed by atoms with Crippen molar-refractivity contribution in [1.82, 2.24) is 0 Å². The average Bonchev–Trinajstić information content (AvgIpc) is 2.83. The van der Waals surface area contributed by atoms with Gasteiger partial charge in [-0.25, -0.2) is 0 Å². The fourth-order valence-corrected chi connectivity index (χ4v) is 5.43. The molecule has 208 valence electrons. The van der Waals surface area contributed by atoms with Gasteiger partial charge in [0.05, 0.1) is 12.1 Å². The van der Waals surface area contributed by atoms with Crippen molar-refractivity contribution in [1.29, 1.82) is 0 Å². The van der Waals surface area contributed by atoms with Crippen LogP contribution in [-0.4, -0.2) is 34.7 Å². The summed E-state index contributed by atoms with van der Waals surface area (Å²) in [5, 5.41) is 22.1. The Morgan fingerprint density at radius 2 is 1.11 bits per heavy atom. The van der Waals surface area contributed by atoms with Crippen LogP contribution >= 0.6 is 0 Å². The first kappa shape index (κ1) is 29.9. The summed E-state index contributed by atoms with van der Waals surface area (Å²) in [6.45, 7) is 17.2. The number of hydrogen-bond acceptors (Lipinski definition) is 4. The van der Waals surface area contributed by atoms with E-state index in [4.69, 9.17) is 9.98 Å². The van der Waals surface area contributed by atoms with E-state index in [1.54, 1.807) is 0 Å². The third kappa shape index (κ3) is 7.71. The minimum atomic E-state index is -0.131. The average molecular weight is 519 g/mol. The number of phenols is 2. The van der Waals surface area contributed by atoms with Gasteiger partial charge < -0.3 is 10.2 Å². The van der Waals surface area contributed by atoms with Crippen molar-refractivity contribution in [3.63, 3.8) is 0 Å². The number of aliphatic imine (C=N–C) groups is 2. The van der Waals surface area contributed by atoms with E-state index < -0.39 is 0 Å². The molecule has 0 spiro atoms. The molecule has 2 aromatic rings. The van der Waals surface area contributed by atoms with Gasteiger partial charge in [0.2, 0.25) is 0 Å². The number of hydrogen-bond donors (Lipinski definition) is 2. The van der Waals surface area contributed by atoms with E-state index in [1.165, 1.54) is 11.1 Å². The van der Waals surface area contributed by atoms with Crippen molar-refractivity contribution < 1.29 is 10.2 Å². The number of rotatable bonds is 8. The molecule has 0 saturated heterocycles. The topological polar surface area (TPSA) is 65.2 Å². The molecule has 0 bridgehead atoms. The van der Waals surface area contributed by atoms with Gasteiger partial charge in [-0.1, -0.05) is 80.4 Å².